The minimum atomic E-state index is -0.104. The predicted octanol–water partition coefficient (Wildman–Crippen LogP) is 2.32. The van der Waals surface area contributed by atoms with E-state index in [0.717, 1.165) is 31.6 Å². The van der Waals surface area contributed by atoms with Crippen LogP contribution in [0.5, 0.6) is 0 Å². The van der Waals surface area contributed by atoms with E-state index in [9.17, 15) is 4.79 Å². The molecule has 2 N–H and O–H groups in total. The molecule has 1 rings (SSSR count). The van der Waals surface area contributed by atoms with Gasteiger partial charge in [-0.2, -0.15) is 0 Å². The van der Waals surface area contributed by atoms with Crippen molar-refractivity contribution in [3.05, 3.63) is 0 Å². The SMILES string of the molecule is CC(C)(C)[C@H]1CC[C@@H](C(N)=O)CC1. The van der Waals surface area contributed by atoms with Crippen molar-refractivity contribution in [2.24, 2.45) is 23.0 Å². The van der Waals surface area contributed by atoms with Crippen molar-refractivity contribution in [1.82, 2.24) is 0 Å². The van der Waals surface area contributed by atoms with E-state index in [4.69, 9.17) is 5.73 Å². The molecule has 0 atom stereocenters. The molecule has 0 aromatic rings. The van der Waals surface area contributed by atoms with Crippen molar-refractivity contribution in [1.29, 1.82) is 0 Å². The molecule has 0 aliphatic heterocycles. The third kappa shape index (κ3) is 2.71. The number of primary amides is 1. The largest absolute Gasteiger partial charge is 0.369 e. The van der Waals surface area contributed by atoms with Crippen LogP contribution in [-0.4, -0.2) is 5.91 Å². The van der Waals surface area contributed by atoms with E-state index >= 15 is 0 Å². The van der Waals surface area contributed by atoms with E-state index in [1.54, 1.807) is 0 Å². The molecule has 0 spiro atoms. The summed E-state index contributed by atoms with van der Waals surface area (Å²) in [6.45, 7) is 6.84. The second-order valence-corrected chi connectivity index (χ2v) is 5.32. The van der Waals surface area contributed by atoms with Gasteiger partial charge in [0.1, 0.15) is 0 Å². The van der Waals surface area contributed by atoms with Gasteiger partial charge >= 0.3 is 0 Å². The minimum Gasteiger partial charge on any atom is -0.369 e. The lowest BCUT2D eigenvalue weighted by Crippen LogP contribution is -2.31. The molecule has 0 aromatic carbocycles. The maximum absolute atomic E-state index is 10.9. The highest BCUT2D eigenvalue weighted by Crippen LogP contribution is 2.39. The molecule has 0 aromatic heterocycles. The van der Waals surface area contributed by atoms with Gasteiger partial charge in [-0.15, -0.1) is 0 Å². The fourth-order valence-electron chi connectivity index (χ4n) is 2.24. The highest BCUT2D eigenvalue weighted by atomic mass is 16.1. The number of carbonyl (C=O) groups is 1. The molecule has 0 bridgehead atoms. The number of rotatable bonds is 1. The Kier molecular flexibility index (Phi) is 2.99. The number of hydrogen-bond donors (Lipinski definition) is 1. The van der Waals surface area contributed by atoms with E-state index < -0.39 is 0 Å². The van der Waals surface area contributed by atoms with Gasteiger partial charge in [0, 0.05) is 5.92 Å². The van der Waals surface area contributed by atoms with Crippen LogP contribution in [-0.2, 0) is 4.79 Å². The molecule has 1 aliphatic carbocycles. The molecule has 0 radical (unpaired) electrons. The first kappa shape index (κ1) is 10.6. The first-order valence-corrected chi connectivity index (χ1v) is 5.20. The maximum atomic E-state index is 10.9. The first-order valence-electron chi connectivity index (χ1n) is 5.20. The van der Waals surface area contributed by atoms with Crippen LogP contribution in [0.4, 0.5) is 0 Å². The zero-order valence-electron chi connectivity index (χ0n) is 8.97. The van der Waals surface area contributed by atoms with Crippen LogP contribution in [0, 0.1) is 17.3 Å². The second kappa shape index (κ2) is 3.69. The molecule has 0 unspecified atom stereocenters. The summed E-state index contributed by atoms with van der Waals surface area (Å²) in [7, 11) is 0. The Balaban J connectivity index is 2.44. The highest BCUT2D eigenvalue weighted by Gasteiger charge is 2.31. The van der Waals surface area contributed by atoms with Gasteiger partial charge in [-0.3, -0.25) is 4.79 Å². The normalized spacial score (nSPS) is 30.1. The standard InChI is InChI=1S/C11H21NO/c1-11(2,3)9-6-4-8(5-7-9)10(12)13/h8-9H,4-7H2,1-3H3,(H2,12,13)/t8-,9+. The minimum absolute atomic E-state index is 0.104. The molecule has 0 heterocycles. The Bertz CT molecular complexity index is 185. The van der Waals surface area contributed by atoms with Crippen molar-refractivity contribution >= 4 is 5.91 Å². The fourth-order valence-corrected chi connectivity index (χ4v) is 2.24. The molecular formula is C11H21NO. The summed E-state index contributed by atoms with van der Waals surface area (Å²) in [5.41, 5.74) is 5.67. The molecule has 1 saturated carbocycles. The molecule has 1 amide bonds. The molecule has 76 valence electrons. The Hall–Kier alpha value is -0.530. The average Bonchev–Trinajstić information content (AvgIpc) is 2.03. The molecule has 13 heavy (non-hydrogen) atoms. The smallest absolute Gasteiger partial charge is 0.220 e. The maximum Gasteiger partial charge on any atom is 0.220 e. The van der Waals surface area contributed by atoms with Gasteiger partial charge in [0.25, 0.3) is 0 Å². The van der Waals surface area contributed by atoms with E-state index in [1.807, 2.05) is 0 Å². The summed E-state index contributed by atoms with van der Waals surface area (Å²) in [6, 6.07) is 0. The van der Waals surface area contributed by atoms with Gasteiger partial charge in [0.05, 0.1) is 0 Å². The number of nitrogens with two attached hydrogens (primary N) is 1. The lowest BCUT2D eigenvalue weighted by atomic mass is 9.70. The topological polar surface area (TPSA) is 43.1 Å². The number of amides is 1. The van der Waals surface area contributed by atoms with E-state index in [1.165, 1.54) is 0 Å². The van der Waals surface area contributed by atoms with Crippen LogP contribution in [0.25, 0.3) is 0 Å². The van der Waals surface area contributed by atoms with Gasteiger partial charge in [-0.1, -0.05) is 20.8 Å². The quantitative estimate of drug-likeness (QED) is 0.666. The van der Waals surface area contributed by atoms with Gasteiger partial charge in [-0.25, -0.2) is 0 Å². The van der Waals surface area contributed by atoms with Crippen molar-refractivity contribution in [3.63, 3.8) is 0 Å². The van der Waals surface area contributed by atoms with Crippen molar-refractivity contribution in [3.8, 4) is 0 Å². The number of hydrogen-bond acceptors (Lipinski definition) is 1. The van der Waals surface area contributed by atoms with Crippen molar-refractivity contribution < 1.29 is 4.79 Å². The van der Waals surface area contributed by atoms with E-state index in [2.05, 4.69) is 20.8 Å². The highest BCUT2D eigenvalue weighted by molar-refractivity contribution is 5.76. The van der Waals surface area contributed by atoms with Crippen LogP contribution in [0.1, 0.15) is 46.5 Å². The van der Waals surface area contributed by atoms with Crippen LogP contribution < -0.4 is 5.73 Å². The fraction of sp³-hybridized carbons (Fsp3) is 0.909. The predicted molar refractivity (Wildman–Crippen MR) is 54.1 cm³/mol. The van der Waals surface area contributed by atoms with Crippen LogP contribution in [0.15, 0.2) is 0 Å². The summed E-state index contributed by atoms with van der Waals surface area (Å²) in [6.07, 6.45) is 4.32. The Labute approximate surface area is 80.9 Å². The van der Waals surface area contributed by atoms with E-state index in [-0.39, 0.29) is 11.8 Å². The lowest BCUT2D eigenvalue weighted by Gasteiger charge is -2.36. The summed E-state index contributed by atoms with van der Waals surface area (Å²) in [5.74, 6) is 0.814. The summed E-state index contributed by atoms with van der Waals surface area (Å²) in [4.78, 5) is 10.9. The molecule has 0 saturated heterocycles. The Morgan fingerprint density at radius 2 is 1.62 bits per heavy atom. The van der Waals surface area contributed by atoms with Gasteiger partial charge < -0.3 is 5.73 Å². The Morgan fingerprint density at radius 3 is 1.92 bits per heavy atom. The molecule has 1 fully saturated rings. The van der Waals surface area contributed by atoms with Crippen molar-refractivity contribution in [2.75, 3.05) is 0 Å². The van der Waals surface area contributed by atoms with E-state index in [0.29, 0.717) is 5.41 Å². The second-order valence-electron chi connectivity index (χ2n) is 5.32. The zero-order valence-corrected chi connectivity index (χ0v) is 8.97. The lowest BCUT2D eigenvalue weighted by molar-refractivity contribution is -0.123. The van der Waals surface area contributed by atoms with Crippen LogP contribution >= 0.6 is 0 Å². The summed E-state index contributed by atoms with van der Waals surface area (Å²) in [5, 5.41) is 0. The monoisotopic (exact) mass is 183 g/mol. The third-order valence-corrected chi connectivity index (χ3v) is 3.35. The molecular weight excluding hydrogens is 162 g/mol. The third-order valence-electron chi connectivity index (χ3n) is 3.35. The zero-order chi connectivity index (χ0) is 10.1. The van der Waals surface area contributed by atoms with Gasteiger partial charge in [-0.05, 0) is 37.0 Å². The first-order chi connectivity index (χ1) is 5.91. The van der Waals surface area contributed by atoms with Crippen LogP contribution in [0.3, 0.4) is 0 Å². The number of carbonyl (C=O) groups excluding carboxylic acids is 1. The van der Waals surface area contributed by atoms with Crippen molar-refractivity contribution in [2.45, 2.75) is 46.5 Å². The van der Waals surface area contributed by atoms with Gasteiger partial charge in [0.2, 0.25) is 5.91 Å². The van der Waals surface area contributed by atoms with Gasteiger partial charge in [0.15, 0.2) is 0 Å². The Morgan fingerprint density at radius 1 is 1.15 bits per heavy atom. The molecule has 2 nitrogen and oxygen atoms in total. The molecule has 1 aliphatic rings. The summed E-state index contributed by atoms with van der Waals surface area (Å²) >= 11 is 0. The summed E-state index contributed by atoms with van der Waals surface area (Å²) < 4.78 is 0. The molecule has 2 heteroatoms. The van der Waals surface area contributed by atoms with Crippen LogP contribution in [0.2, 0.25) is 0 Å². The average molecular weight is 183 g/mol.